The summed E-state index contributed by atoms with van der Waals surface area (Å²) in [6.45, 7) is 1.40. The third-order valence-electron chi connectivity index (χ3n) is 5.48. The van der Waals surface area contributed by atoms with Crippen LogP contribution in [0.5, 0.6) is 0 Å². The largest absolute Gasteiger partial charge is 0.343 e. The second-order valence-corrected chi connectivity index (χ2v) is 11.2. The average Bonchev–Trinajstić information content (AvgIpc) is 3.18. The van der Waals surface area contributed by atoms with Gasteiger partial charge in [-0.25, -0.2) is 13.4 Å². The number of thiazole rings is 1. The topological polar surface area (TPSA) is 67.3 Å². The standard InChI is InChI=1S/C22H23ClN2O3S2/c23-17-7-9-18(10-8-17)30(27,28)15-3-6-21(26)25-13-11-16(12-14-25)22-24-19-4-1-2-5-20(19)29-22/h1-2,4-5,7-10,16H,3,6,11-15H2. The van der Waals surface area contributed by atoms with Crippen LogP contribution in [0.15, 0.2) is 53.4 Å². The highest BCUT2D eigenvalue weighted by Gasteiger charge is 2.26. The lowest BCUT2D eigenvalue weighted by Crippen LogP contribution is -2.37. The van der Waals surface area contributed by atoms with Gasteiger partial charge >= 0.3 is 0 Å². The lowest BCUT2D eigenvalue weighted by atomic mass is 9.97. The predicted molar refractivity (Wildman–Crippen MR) is 121 cm³/mol. The molecule has 0 bridgehead atoms. The molecule has 30 heavy (non-hydrogen) atoms. The number of carbonyl (C=O) groups is 1. The number of hydrogen-bond donors (Lipinski definition) is 0. The van der Waals surface area contributed by atoms with Crippen LogP contribution >= 0.6 is 22.9 Å². The number of aromatic nitrogens is 1. The molecule has 2 heterocycles. The van der Waals surface area contributed by atoms with E-state index in [9.17, 15) is 13.2 Å². The Bertz CT molecular complexity index is 1100. The minimum absolute atomic E-state index is 0.0315. The third kappa shape index (κ3) is 4.85. The van der Waals surface area contributed by atoms with Crippen molar-refractivity contribution in [3.63, 3.8) is 0 Å². The minimum Gasteiger partial charge on any atom is -0.343 e. The Morgan fingerprint density at radius 1 is 1.10 bits per heavy atom. The van der Waals surface area contributed by atoms with E-state index in [0.717, 1.165) is 23.4 Å². The smallest absolute Gasteiger partial charge is 0.222 e. The van der Waals surface area contributed by atoms with Crippen LogP contribution in [0.1, 0.15) is 36.6 Å². The fraction of sp³-hybridized carbons (Fsp3) is 0.364. The van der Waals surface area contributed by atoms with Gasteiger partial charge in [0.2, 0.25) is 5.91 Å². The number of halogens is 1. The molecule has 0 radical (unpaired) electrons. The number of rotatable bonds is 6. The Labute approximate surface area is 185 Å². The number of amides is 1. The first-order valence-electron chi connectivity index (χ1n) is 10.0. The number of fused-ring (bicyclic) bond motifs is 1. The van der Waals surface area contributed by atoms with Gasteiger partial charge in [0.1, 0.15) is 0 Å². The molecule has 0 atom stereocenters. The van der Waals surface area contributed by atoms with Crippen LogP contribution in [0.25, 0.3) is 10.2 Å². The van der Waals surface area contributed by atoms with Gasteiger partial charge in [-0.3, -0.25) is 4.79 Å². The third-order valence-corrected chi connectivity index (χ3v) is 8.75. The van der Waals surface area contributed by atoms with Crippen molar-refractivity contribution in [1.82, 2.24) is 9.88 Å². The lowest BCUT2D eigenvalue weighted by molar-refractivity contribution is -0.132. The molecule has 1 aliphatic rings. The predicted octanol–water partition coefficient (Wildman–Crippen LogP) is 4.91. The van der Waals surface area contributed by atoms with Crippen molar-refractivity contribution < 1.29 is 13.2 Å². The SMILES string of the molecule is O=C(CCCS(=O)(=O)c1ccc(Cl)cc1)N1CCC(c2nc3ccccc3s2)CC1. The van der Waals surface area contributed by atoms with Crippen LogP contribution in [0.2, 0.25) is 5.02 Å². The number of carbonyl (C=O) groups excluding carboxylic acids is 1. The van der Waals surface area contributed by atoms with Crippen molar-refractivity contribution in [2.75, 3.05) is 18.8 Å². The van der Waals surface area contributed by atoms with Crippen LogP contribution in [0, 0.1) is 0 Å². The number of nitrogens with zero attached hydrogens (tertiary/aromatic N) is 2. The molecule has 2 aromatic carbocycles. The number of sulfone groups is 1. The molecule has 5 nitrogen and oxygen atoms in total. The van der Waals surface area contributed by atoms with Gasteiger partial charge in [0.05, 0.1) is 25.9 Å². The summed E-state index contributed by atoms with van der Waals surface area (Å²) in [6, 6.07) is 14.3. The molecule has 3 aromatic rings. The Balaban J connectivity index is 1.26. The monoisotopic (exact) mass is 462 g/mol. The molecule has 0 saturated carbocycles. The second kappa shape index (κ2) is 9.04. The summed E-state index contributed by atoms with van der Waals surface area (Å²) in [5.74, 6) is 0.378. The number of benzene rings is 2. The summed E-state index contributed by atoms with van der Waals surface area (Å²) >= 11 is 7.55. The van der Waals surface area contributed by atoms with Crippen LogP contribution in [-0.4, -0.2) is 43.1 Å². The van der Waals surface area contributed by atoms with Crippen molar-refractivity contribution in [2.45, 2.75) is 36.5 Å². The molecule has 0 aliphatic carbocycles. The quantitative estimate of drug-likeness (QED) is 0.522. The first kappa shape index (κ1) is 21.3. The summed E-state index contributed by atoms with van der Waals surface area (Å²) in [6.07, 6.45) is 2.36. The highest BCUT2D eigenvalue weighted by atomic mass is 35.5. The zero-order valence-electron chi connectivity index (χ0n) is 16.5. The summed E-state index contributed by atoms with van der Waals surface area (Å²) in [4.78, 5) is 19.4. The van der Waals surface area contributed by atoms with E-state index in [1.807, 2.05) is 23.1 Å². The normalized spacial score (nSPS) is 15.6. The highest BCUT2D eigenvalue weighted by molar-refractivity contribution is 7.91. The number of piperidine rings is 1. The molecule has 4 rings (SSSR count). The van der Waals surface area contributed by atoms with Gasteiger partial charge < -0.3 is 4.90 Å². The van der Waals surface area contributed by atoms with Crippen molar-refractivity contribution in [3.05, 3.63) is 58.6 Å². The van der Waals surface area contributed by atoms with E-state index in [1.165, 1.54) is 16.8 Å². The van der Waals surface area contributed by atoms with E-state index < -0.39 is 9.84 Å². The van der Waals surface area contributed by atoms with E-state index in [2.05, 4.69) is 6.07 Å². The van der Waals surface area contributed by atoms with Crippen molar-refractivity contribution in [1.29, 1.82) is 0 Å². The highest BCUT2D eigenvalue weighted by Crippen LogP contribution is 2.34. The van der Waals surface area contributed by atoms with Crippen molar-refractivity contribution in [2.24, 2.45) is 0 Å². The van der Waals surface area contributed by atoms with Gasteiger partial charge in [-0.2, -0.15) is 0 Å². The molecule has 0 unspecified atom stereocenters. The van der Waals surface area contributed by atoms with Crippen LogP contribution in [-0.2, 0) is 14.6 Å². The fourth-order valence-electron chi connectivity index (χ4n) is 3.77. The molecule has 1 saturated heterocycles. The first-order chi connectivity index (χ1) is 14.4. The van der Waals surface area contributed by atoms with Gasteiger partial charge in [0.25, 0.3) is 0 Å². The fourth-order valence-corrected chi connectivity index (χ4v) is 6.35. The Morgan fingerprint density at radius 3 is 2.50 bits per heavy atom. The Hall–Kier alpha value is -1.96. The molecule has 8 heteroatoms. The van der Waals surface area contributed by atoms with E-state index in [4.69, 9.17) is 16.6 Å². The van der Waals surface area contributed by atoms with E-state index in [0.29, 0.717) is 30.5 Å². The van der Waals surface area contributed by atoms with Crippen molar-refractivity contribution in [3.8, 4) is 0 Å². The molecule has 1 amide bonds. The van der Waals surface area contributed by atoms with Crippen LogP contribution in [0.4, 0.5) is 0 Å². The van der Waals surface area contributed by atoms with Gasteiger partial charge in [0, 0.05) is 30.5 Å². The zero-order chi connectivity index (χ0) is 21.1. The summed E-state index contributed by atoms with van der Waals surface area (Å²) < 4.78 is 26.0. The maximum absolute atomic E-state index is 12.5. The number of hydrogen-bond acceptors (Lipinski definition) is 5. The zero-order valence-corrected chi connectivity index (χ0v) is 18.8. The lowest BCUT2D eigenvalue weighted by Gasteiger charge is -2.31. The molecular formula is C22H23ClN2O3S2. The van der Waals surface area contributed by atoms with Gasteiger partial charge in [-0.1, -0.05) is 23.7 Å². The maximum atomic E-state index is 12.5. The minimum atomic E-state index is -3.40. The molecule has 1 aliphatic heterocycles. The molecule has 0 spiro atoms. The summed E-state index contributed by atoms with van der Waals surface area (Å²) in [5, 5.41) is 1.65. The van der Waals surface area contributed by atoms with Crippen LogP contribution < -0.4 is 0 Å². The molecular weight excluding hydrogens is 440 g/mol. The van der Waals surface area contributed by atoms with E-state index >= 15 is 0 Å². The number of para-hydroxylation sites is 1. The Morgan fingerprint density at radius 2 is 1.80 bits per heavy atom. The van der Waals surface area contributed by atoms with Gasteiger partial charge in [-0.15, -0.1) is 11.3 Å². The Kier molecular flexibility index (Phi) is 6.41. The molecule has 1 aromatic heterocycles. The maximum Gasteiger partial charge on any atom is 0.222 e. The summed E-state index contributed by atoms with van der Waals surface area (Å²) in [5.41, 5.74) is 1.04. The second-order valence-electron chi connectivity index (χ2n) is 7.55. The van der Waals surface area contributed by atoms with Gasteiger partial charge in [-0.05, 0) is 55.7 Å². The van der Waals surface area contributed by atoms with Gasteiger partial charge in [0.15, 0.2) is 9.84 Å². The van der Waals surface area contributed by atoms with Crippen molar-refractivity contribution >= 4 is 48.9 Å². The first-order valence-corrected chi connectivity index (χ1v) is 12.9. The van der Waals surface area contributed by atoms with Crippen LogP contribution in [0.3, 0.4) is 0 Å². The summed E-state index contributed by atoms with van der Waals surface area (Å²) in [7, 11) is -3.40. The molecule has 158 valence electrons. The molecule has 0 N–H and O–H groups in total. The molecule has 1 fully saturated rings. The van der Waals surface area contributed by atoms with E-state index in [-0.39, 0.29) is 23.0 Å². The number of likely N-dealkylation sites (tertiary alicyclic amines) is 1. The average molecular weight is 463 g/mol. The van der Waals surface area contributed by atoms with E-state index in [1.54, 1.807) is 23.5 Å².